The molecule has 0 aliphatic heterocycles. The molecule has 7 heteroatoms. The van der Waals surface area contributed by atoms with Crippen LogP contribution in [0.5, 0.6) is 0 Å². The number of amides is 1. The Kier molecular flexibility index (Phi) is 4.39. The minimum Gasteiger partial charge on any atom is -0.396 e. The van der Waals surface area contributed by atoms with Gasteiger partial charge in [0.1, 0.15) is 5.69 Å². The fourth-order valence-electron chi connectivity index (χ4n) is 2.22. The first kappa shape index (κ1) is 14.5. The molecule has 1 aliphatic rings. The quantitative estimate of drug-likeness (QED) is 0.607. The van der Waals surface area contributed by atoms with Crippen LogP contribution in [0.2, 0.25) is 0 Å². The van der Waals surface area contributed by atoms with E-state index in [9.17, 15) is 14.9 Å². The zero-order chi connectivity index (χ0) is 14.7. The molecule has 7 nitrogen and oxygen atoms in total. The molecule has 1 heterocycles. The van der Waals surface area contributed by atoms with Crippen LogP contribution in [0.4, 0.5) is 5.69 Å². The highest BCUT2D eigenvalue weighted by Crippen LogP contribution is 2.38. The maximum Gasteiger partial charge on any atom is 0.287 e. The average Bonchev–Trinajstić information content (AvgIpc) is 3.17. The molecule has 0 radical (unpaired) electrons. The van der Waals surface area contributed by atoms with E-state index in [-0.39, 0.29) is 24.2 Å². The van der Waals surface area contributed by atoms with E-state index in [1.807, 2.05) is 6.92 Å². The van der Waals surface area contributed by atoms with Gasteiger partial charge in [0, 0.05) is 31.8 Å². The van der Waals surface area contributed by atoms with Crippen LogP contribution in [0.1, 0.15) is 42.7 Å². The lowest BCUT2D eigenvalue weighted by Crippen LogP contribution is -2.33. The van der Waals surface area contributed by atoms with Crippen LogP contribution in [-0.2, 0) is 0 Å². The molecule has 1 aromatic rings. The number of nitro groups is 1. The third-order valence-electron chi connectivity index (χ3n) is 3.46. The summed E-state index contributed by atoms with van der Waals surface area (Å²) >= 11 is 0. The summed E-state index contributed by atoms with van der Waals surface area (Å²) in [5, 5.41) is 19.7. The van der Waals surface area contributed by atoms with Crippen LogP contribution in [0.3, 0.4) is 0 Å². The van der Waals surface area contributed by atoms with Crippen LogP contribution >= 0.6 is 0 Å². The van der Waals surface area contributed by atoms with Crippen LogP contribution in [-0.4, -0.2) is 45.1 Å². The van der Waals surface area contributed by atoms with E-state index in [1.165, 1.54) is 12.3 Å². The zero-order valence-corrected chi connectivity index (χ0v) is 11.5. The summed E-state index contributed by atoms with van der Waals surface area (Å²) in [6, 6.07) is 1.56. The van der Waals surface area contributed by atoms with E-state index in [4.69, 9.17) is 5.11 Å². The lowest BCUT2D eigenvalue weighted by molar-refractivity contribution is -0.384. The maximum atomic E-state index is 12.5. The van der Waals surface area contributed by atoms with Gasteiger partial charge in [-0.15, -0.1) is 0 Å². The van der Waals surface area contributed by atoms with Crippen molar-refractivity contribution in [3.63, 3.8) is 0 Å². The molecule has 110 valence electrons. The van der Waals surface area contributed by atoms with E-state index in [0.29, 0.717) is 25.2 Å². The number of aliphatic hydroxyl groups excluding tert-OH is 1. The SMILES string of the molecule is CCN(CCCO)C(=O)c1cc([N+](=O)[O-])cn1C1CC1. The van der Waals surface area contributed by atoms with Gasteiger partial charge in [0.05, 0.1) is 11.1 Å². The van der Waals surface area contributed by atoms with Gasteiger partial charge >= 0.3 is 0 Å². The highest BCUT2D eigenvalue weighted by molar-refractivity contribution is 5.93. The number of hydrogen-bond acceptors (Lipinski definition) is 4. The van der Waals surface area contributed by atoms with Gasteiger partial charge in [-0.05, 0) is 26.2 Å². The highest BCUT2D eigenvalue weighted by atomic mass is 16.6. The third kappa shape index (κ3) is 2.98. The van der Waals surface area contributed by atoms with Gasteiger partial charge in [-0.3, -0.25) is 14.9 Å². The molecule has 0 unspecified atom stereocenters. The normalized spacial score (nSPS) is 14.3. The monoisotopic (exact) mass is 281 g/mol. The predicted molar refractivity (Wildman–Crippen MR) is 72.6 cm³/mol. The van der Waals surface area contributed by atoms with E-state index in [1.54, 1.807) is 9.47 Å². The van der Waals surface area contributed by atoms with E-state index < -0.39 is 4.92 Å². The second kappa shape index (κ2) is 6.04. The highest BCUT2D eigenvalue weighted by Gasteiger charge is 2.31. The van der Waals surface area contributed by atoms with Crippen molar-refractivity contribution in [1.29, 1.82) is 0 Å². The summed E-state index contributed by atoms with van der Waals surface area (Å²) in [5.74, 6) is -0.207. The van der Waals surface area contributed by atoms with Gasteiger partial charge in [-0.2, -0.15) is 0 Å². The zero-order valence-electron chi connectivity index (χ0n) is 11.5. The lowest BCUT2D eigenvalue weighted by atomic mass is 10.3. The molecule has 2 rings (SSSR count). The number of rotatable bonds is 7. The molecule has 1 amide bonds. The van der Waals surface area contributed by atoms with E-state index in [2.05, 4.69) is 0 Å². The summed E-state index contributed by atoms with van der Waals surface area (Å²) < 4.78 is 1.72. The smallest absolute Gasteiger partial charge is 0.287 e. The predicted octanol–water partition coefficient (Wildman–Crippen LogP) is 1.58. The van der Waals surface area contributed by atoms with Crippen LogP contribution in [0.25, 0.3) is 0 Å². The Labute approximate surface area is 116 Å². The van der Waals surface area contributed by atoms with Crippen LogP contribution in [0, 0.1) is 10.1 Å². The molecule has 0 bridgehead atoms. The van der Waals surface area contributed by atoms with Gasteiger partial charge in [-0.1, -0.05) is 0 Å². The summed E-state index contributed by atoms with van der Waals surface area (Å²) in [4.78, 5) is 24.5. The first-order valence-corrected chi connectivity index (χ1v) is 6.84. The summed E-state index contributed by atoms with van der Waals surface area (Å²) in [6.07, 6.45) is 3.86. The fourth-order valence-corrected chi connectivity index (χ4v) is 2.22. The van der Waals surface area contributed by atoms with E-state index >= 15 is 0 Å². The maximum absolute atomic E-state index is 12.5. The standard InChI is InChI=1S/C13H19N3O4/c1-2-14(6-3-7-17)13(18)12-8-11(16(19)20)9-15(12)10-4-5-10/h8-10,17H,2-7H2,1H3. The van der Waals surface area contributed by atoms with Crippen molar-refractivity contribution in [3.8, 4) is 0 Å². The molecule has 1 aromatic heterocycles. The van der Waals surface area contributed by atoms with Crippen LogP contribution in [0.15, 0.2) is 12.3 Å². The Balaban J connectivity index is 2.25. The van der Waals surface area contributed by atoms with E-state index in [0.717, 1.165) is 12.8 Å². The molecule has 0 saturated heterocycles. The summed E-state index contributed by atoms with van der Waals surface area (Å²) in [6.45, 7) is 2.85. The van der Waals surface area contributed by atoms with Crippen molar-refractivity contribution in [1.82, 2.24) is 9.47 Å². The Bertz CT molecular complexity index is 508. The van der Waals surface area contributed by atoms with Gasteiger partial charge in [0.15, 0.2) is 0 Å². The van der Waals surface area contributed by atoms with Gasteiger partial charge < -0.3 is 14.6 Å². The average molecular weight is 281 g/mol. The minimum atomic E-state index is -0.473. The second-order valence-electron chi connectivity index (χ2n) is 4.94. The van der Waals surface area contributed by atoms with Crippen molar-refractivity contribution in [2.45, 2.75) is 32.2 Å². The number of aromatic nitrogens is 1. The molecule has 1 N–H and O–H groups in total. The Morgan fingerprint density at radius 3 is 2.80 bits per heavy atom. The molecule has 0 atom stereocenters. The molecule has 1 fully saturated rings. The molecule has 1 aliphatic carbocycles. The topological polar surface area (TPSA) is 88.6 Å². The van der Waals surface area contributed by atoms with Crippen molar-refractivity contribution >= 4 is 11.6 Å². The van der Waals surface area contributed by atoms with Crippen molar-refractivity contribution < 1.29 is 14.8 Å². The Hall–Kier alpha value is -1.89. The first-order valence-electron chi connectivity index (χ1n) is 6.84. The number of carbonyl (C=O) groups excluding carboxylic acids is 1. The van der Waals surface area contributed by atoms with Gasteiger partial charge in [-0.25, -0.2) is 0 Å². The largest absolute Gasteiger partial charge is 0.396 e. The first-order chi connectivity index (χ1) is 9.58. The van der Waals surface area contributed by atoms with Crippen molar-refractivity contribution in [3.05, 3.63) is 28.1 Å². The summed E-state index contributed by atoms with van der Waals surface area (Å²) in [7, 11) is 0. The number of aliphatic hydroxyl groups is 1. The number of carbonyl (C=O) groups is 1. The third-order valence-corrected chi connectivity index (χ3v) is 3.46. The molecular weight excluding hydrogens is 262 g/mol. The number of hydrogen-bond donors (Lipinski definition) is 1. The molecule has 0 spiro atoms. The molecule has 0 aromatic carbocycles. The minimum absolute atomic E-state index is 0.0214. The summed E-state index contributed by atoms with van der Waals surface area (Å²) in [5.41, 5.74) is 0.331. The second-order valence-corrected chi connectivity index (χ2v) is 4.94. The van der Waals surface area contributed by atoms with Crippen molar-refractivity contribution in [2.75, 3.05) is 19.7 Å². The Morgan fingerprint density at radius 2 is 2.30 bits per heavy atom. The molecular formula is C13H19N3O4. The lowest BCUT2D eigenvalue weighted by Gasteiger charge is -2.21. The Morgan fingerprint density at radius 1 is 1.60 bits per heavy atom. The molecule has 20 heavy (non-hydrogen) atoms. The van der Waals surface area contributed by atoms with Gasteiger partial charge in [0.2, 0.25) is 0 Å². The van der Waals surface area contributed by atoms with Crippen LogP contribution < -0.4 is 0 Å². The molecule has 1 saturated carbocycles. The fraction of sp³-hybridized carbons (Fsp3) is 0.615. The van der Waals surface area contributed by atoms with Gasteiger partial charge in [0.25, 0.3) is 11.6 Å². The van der Waals surface area contributed by atoms with Crippen molar-refractivity contribution in [2.24, 2.45) is 0 Å². The number of nitrogens with zero attached hydrogens (tertiary/aromatic N) is 3.